The van der Waals surface area contributed by atoms with E-state index in [9.17, 15) is 13.9 Å². The van der Waals surface area contributed by atoms with E-state index in [0.29, 0.717) is 24.6 Å². The van der Waals surface area contributed by atoms with E-state index in [1.165, 1.54) is 11.3 Å². The molecule has 1 aliphatic heterocycles. The van der Waals surface area contributed by atoms with E-state index in [-0.39, 0.29) is 16.9 Å². The Morgan fingerprint density at radius 3 is 2.73 bits per heavy atom. The molecule has 0 radical (unpaired) electrons. The number of pyridine rings is 1. The molecule has 4 N–H and O–H groups in total. The van der Waals surface area contributed by atoms with E-state index in [2.05, 4.69) is 26.4 Å². The number of halogens is 2. The Balaban J connectivity index is 1.43. The van der Waals surface area contributed by atoms with Crippen molar-refractivity contribution in [1.29, 1.82) is 0 Å². The van der Waals surface area contributed by atoms with Gasteiger partial charge in [-0.25, -0.2) is 18.7 Å². The first-order valence-corrected chi connectivity index (χ1v) is 10.3. The molecular formula is C20H19F2N5O2S. The highest BCUT2D eigenvalue weighted by Crippen LogP contribution is 2.38. The van der Waals surface area contributed by atoms with Crippen molar-refractivity contribution in [2.24, 2.45) is 0 Å². The first kappa shape index (κ1) is 19.3. The Morgan fingerprint density at radius 2 is 1.93 bits per heavy atom. The van der Waals surface area contributed by atoms with Gasteiger partial charge in [-0.15, -0.1) is 16.9 Å². The monoisotopic (exact) mass is 431 g/mol. The van der Waals surface area contributed by atoms with Crippen molar-refractivity contribution >= 4 is 22.7 Å². The number of hydrazine groups is 2. The van der Waals surface area contributed by atoms with Crippen molar-refractivity contribution in [2.75, 3.05) is 17.5 Å². The molecule has 1 saturated carbocycles. The van der Waals surface area contributed by atoms with Crippen molar-refractivity contribution < 1.29 is 18.6 Å². The summed E-state index contributed by atoms with van der Waals surface area (Å²) in [5.41, 5.74) is 8.77. The Labute approximate surface area is 175 Å². The molecule has 0 atom stereocenters. The van der Waals surface area contributed by atoms with Crippen molar-refractivity contribution in [3.63, 3.8) is 0 Å². The largest absolute Gasteiger partial charge is 0.387 e. The van der Waals surface area contributed by atoms with E-state index in [0.717, 1.165) is 34.5 Å². The number of aliphatic hydroxyl groups is 1. The average molecular weight is 431 g/mol. The predicted octanol–water partition coefficient (Wildman–Crippen LogP) is 3.76. The van der Waals surface area contributed by atoms with Gasteiger partial charge in [0.15, 0.2) is 11.6 Å². The molecule has 1 fully saturated rings. The third-order valence-corrected chi connectivity index (χ3v) is 6.27. The number of aryl methyl sites for hydroxylation is 1. The van der Waals surface area contributed by atoms with Gasteiger partial charge in [-0.1, -0.05) is 6.07 Å². The first-order valence-electron chi connectivity index (χ1n) is 9.47. The van der Waals surface area contributed by atoms with E-state index in [1.54, 1.807) is 12.1 Å². The molecule has 156 valence electrons. The maximum atomic E-state index is 14.9. The summed E-state index contributed by atoms with van der Waals surface area (Å²) in [6.07, 6.45) is 1.54. The van der Waals surface area contributed by atoms with Crippen LogP contribution in [-0.2, 0) is 11.3 Å². The van der Waals surface area contributed by atoms with Crippen LogP contribution < -0.4 is 16.4 Å². The first-order chi connectivity index (χ1) is 14.4. The number of nitrogens with zero attached hydrogens (tertiary/aromatic N) is 2. The molecule has 10 heteroatoms. The lowest BCUT2D eigenvalue weighted by atomic mass is 10.1. The maximum Gasteiger partial charge on any atom is 0.159 e. The van der Waals surface area contributed by atoms with Gasteiger partial charge in [-0.05, 0) is 38.0 Å². The van der Waals surface area contributed by atoms with Crippen LogP contribution in [0.25, 0.3) is 21.8 Å². The van der Waals surface area contributed by atoms with Crippen LogP contribution >= 0.6 is 11.3 Å². The quantitative estimate of drug-likeness (QED) is 0.472. The predicted molar refractivity (Wildman–Crippen MR) is 110 cm³/mol. The Hall–Kier alpha value is -2.66. The Morgan fingerprint density at radius 1 is 1.17 bits per heavy atom. The highest BCUT2D eigenvalue weighted by molar-refractivity contribution is 7.15. The molecule has 1 aromatic carbocycles. The lowest BCUT2D eigenvalue weighted by Crippen LogP contribution is -2.19. The van der Waals surface area contributed by atoms with Crippen LogP contribution in [0.5, 0.6) is 0 Å². The van der Waals surface area contributed by atoms with E-state index >= 15 is 0 Å². The summed E-state index contributed by atoms with van der Waals surface area (Å²) in [6.45, 7) is 2.48. The molecule has 0 saturated heterocycles. The number of rotatable bonds is 6. The zero-order valence-corrected chi connectivity index (χ0v) is 16.9. The average Bonchev–Trinajstić information content (AvgIpc) is 3.13. The highest BCUT2D eigenvalue weighted by atomic mass is 32.1. The van der Waals surface area contributed by atoms with Gasteiger partial charge in [0.05, 0.1) is 40.8 Å². The number of hydrogen-bond donors (Lipinski definition) is 4. The normalized spacial score (nSPS) is 16.1. The molecule has 7 nitrogen and oxygen atoms in total. The minimum atomic E-state index is -0.667. The van der Waals surface area contributed by atoms with Gasteiger partial charge in [0.1, 0.15) is 16.4 Å². The minimum Gasteiger partial charge on any atom is -0.387 e. The van der Waals surface area contributed by atoms with E-state index < -0.39 is 17.2 Å². The molecule has 0 amide bonds. The second-order valence-corrected chi connectivity index (χ2v) is 8.58. The molecule has 1 aliphatic carbocycles. The summed E-state index contributed by atoms with van der Waals surface area (Å²) < 4.78 is 34.8. The number of aromatic nitrogens is 2. The van der Waals surface area contributed by atoms with Crippen molar-refractivity contribution in [3.05, 3.63) is 46.6 Å². The maximum absolute atomic E-state index is 14.9. The van der Waals surface area contributed by atoms with Crippen molar-refractivity contribution in [3.8, 4) is 21.8 Å². The molecular weight excluding hydrogens is 412 g/mol. The van der Waals surface area contributed by atoms with Crippen molar-refractivity contribution in [1.82, 2.24) is 15.5 Å². The fourth-order valence-corrected chi connectivity index (χ4v) is 4.26. The number of thiazole rings is 1. The van der Waals surface area contributed by atoms with Crippen LogP contribution in [0.3, 0.4) is 0 Å². The molecule has 3 aromatic rings. The molecule has 0 bridgehead atoms. The summed E-state index contributed by atoms with van der Waals surface area (Å²) in [7, 11) is 0. The summed E-state index contributed by atoms with van der Waals surface area (Å²) in [5.74, 6) is -1.18. The molecule has 2 aliphatic rings. The molecule has 30 heavy (non-hydrogen) atoms. The summed E-state index contributed by atoms with van der Waals surface area (Å²) in [6, 6.07) is 6.33. The number of anilines is 2. The molecule has 0 spiro atoms. The van der Waals surface area contributed by atoms with E-state index in [1.807, 2.05) is 13.0 Å². The topological polar surface area (TPSA) is 91.3 Å². The van der Waals surface area contributed by atoms with E-state index in [4.69, 9.17) is 4.74 Å². The lowest BCUT2D eigenvalue weighted by Gasteiger charge is -2.09. The summed E-state index contributed by atoms with van der Waals surface area (Å²) in [4.78, 5) is 9.92. The number of fused-ring (bicyclic) bond motifs is 1. The molecule has 3 heterocycles. The van der Waals surface area contributed by atoms with Crippen LogP contribution in [0.4, 0.5) is 20.2 Å². The lowest BCUT2D eigenvalue weighted by molar-refractivity contribution is 0.0130. The summed E-state index contributed by atoms with van der Waals surface area (Å²) >= 11 is 1.43. The highest BCUT2D eigenvalue weighted by Gasteiger charge is 2.40. The third-order valence-electron chi connectivity index (χ3n) is 5.11. The van der Waals surface area contributed by atoms with Crippen LogP contribution in [0.1, 0.15) is 23.5 Å². The molecule has 2 aromatic heterocycles. The number of benzene rings is 1. The SMILES string of the molecule is Cc1nc(COCC2(O)CC2)sc1-c1cccc(-c2cc(F)c3c(c2F)NNN3)n1. The van der Waals surface area contributed by atoms with Gasteiger partial charge >= 0.3 is 0 Å². The van der Waals surface area contributed by atoms with Crippen LogP contribution in [0.2, 0.25) is 0 Å². The van der Waals surface area contributed by atoms with Gasteiger partial charge in [0.2, 0.25) is 0 Å². The Kier molecular flexibility index (Phi) is 4.66. The number of ether oxygens (including phenoxy) is 1. The van der Waals surface area contributed by atoms with Gasteiger partial charge < -0.3 is 9.84 Å². The second kappa shape index (κ2) is 7.24. The second-order valence-electron chi connectivity index (χ2n) is 7.49. The standard InChI is InChI=1S/C20H19F2N5O2S/c1-10-19(30-15(23-10)8-29-9-20(28)5-6-20)14-4-2-3-13(24-14)11-7-12(21)17-18(16(11)22)26-27-25-17/h2-4,7,25-28H,5-6,8-9H2,1H3. The van der Waals surface area contributed by atoms with Crippen LogP contribution in [0.15, 0.2) is 24.3 Å². The van der Waals surface area contributed by atoms with Gasteiger partial charge in [-0.3, -0.25) is 10.9 Å². The fourth-order valence-electron chi connectivity index (χ4n) is 3.29. The molecule has 0 unspecified atom stereocenters. The summed E-state index contributed by atoms with van der Waals surface area (Å²) in [5, 5.41) is 10.6. The smallest absolute Gasteiger partial charge is 0.159 e. The minimum absolute atomic E-state index is 0.0166. The van der Waals surface area contributed by atoms with Crippen LogP contribution in [-0.4, -0.2) is 27.3 Å². The number of hydrogen-bond acceptors (Lipinski definition) is 8. The van der Waals surface area contributed by atoms with Crippen LogP contribution in [0, 0.1) is 18.6 Å². The third kappa shape index (κ3) is 3.52. The van der Waals surface area contributed by atoms with Gasteiger partial charge in [0, 0.05) is 5.56 Å². The van der Waals surface area contributed by atoms with Crippen molar-refractivity contribution in [2.45, 2.75) is 32.0 Å². The fraction of sp³-hybridized carbons (Fsp3) is 0.300. The molecule has 5 rings (SSSR count). The zero-order chi connectivity index (χ0) is 20.9. The van der Waals surface area contributed by atoms with Gasteiger partial charge in [-0.2, -0.15) is 0 Å². The number of nitrogens with one attached hydrogen (secondary N) is 3. The van der Waals surface area contributed by atoms with Gasteiger partial charge in [0.25, 0.3) is 0 Å². The Bertz CT molecular complexity index is 1130. The zero-order valence-electron chi connectivity index (χ0n) is 16.1.